The van der Waals surface area contributed by atoms with E-state index in [9.17, 15) is 24.9 Å². The molecule has 4 aliphatic heterocycles. The maximum Gasteiger partial charge on any atom is 0.242 e. The number of phenols is 2. The monoisotopic (exact) mass is 809 g/mol. The van der Waals surface area contributed by atoms with Crippen LogP contribution in [0.2, 0.25) is 0 Å². The van der Waals surface area contributed by atoms with E-state index in [4.69, 9.17) is 14.2 Å². The number of ether oxygens (including phenoxy) is 3. The van der Waals surface area contributed by atoms with Crippen molar-refractivity contribution in [3.63, 3.8) is 0 Å². The Bertz CT molecular complexity index is 1490. The first-order chi connectivity index (χ1) is 20.0. The summed E-state index contributed by atoms with van der Waals surface area (Å²) in [7, 11) is 3.47. The normalized spacial score (nSPS) is 25.9. The van der Waals surface area contributed by atoms with Gasteiger partial charge in [0.15, 0.2) is 23.0 Å². The molecule has 5 N–H and O–H groups in total. The largest absolute Gasteiger partial charge is 0.507 e. The van der Waals surface area contributed by atoms with Gasteiger partial charge in [0.05, 0.1) is 25.2 Å². The number of aryl methyl sites for hydroxylation is 1. The van der Waals surface area contributed by atoms with E-state index < -0.39 is 24.4 Å². The van der Waals surface area contributed by atoms with E-state index in [2.05, 4.69) is 15.5 Å². The first-order valence-corrected chi connectivity index (χ1v) is 14.2. The molecule has 13 heteroatoms. The van der Waals surface area contributed by atoms with Crippen molar-refractivity contribution in [2.45, 2.75) is 77.0 Å². The number of hydrogen-bond donors (Lipinski definition) is 5. The third-order valence-corrected chi connectivity index (χ3v) is 9.41. The number of carbonyl (C=O) groups is 2. The first-order valence-electron chi connectivity index (χ1n) is 14.2. The molecule has 1 unspecified atom stereocenters. The van der Waals surface area contributed by atoms with Crippen LogP contribution in [-0.2, 0) is 22.4 Å². The fraction of sp³-hybridized carbons (Fsp3) is 0.533. The Balaban J connectivity index is 0.00000368. The van der Waals surface area contributed by atoms with Crippen LogP contribution in [0.25, 0.3) is 0 Å². The minimum atomic E-state index is -0.946. The number of aromatic hydroxyl groups is 2. The molecule has 4 aliphatic rings. The van der Waals surface area contributed by atoms with Crippen molar-refractivity contribution in [1.29, 1.82) is 0 Å². The number of benzene rings is 2. The van der Waals surface area contributed by atoms with Crippen molar-refractivity contribution in [2.24, 2.45) is 0 Å². The number of rotatable bonds is 5. The van der Waals surface area contributed by atoms with Crippen LogP contribution >= 0.6 is 0 Å². The summed E-state index contributed by atoms with van der Waals surface area (Å²) in [5.41, 5.74) is 4.36. The summed E-state index contributed by atoms with van der Waals surface area (Å²) in [5, 5.41) is 40.5. The Morgan fingerprint density at radius 2 is 1.81 bits per heavy atom. The van der Waals surface area contributed by atoms with E-state index in [1.807, 2.05) is 24.9 Å². The number of carbonyl (C=O) groups excluding carboxylic acids is 2. The topological polar surface area (TPSA) is 153 Å². The van der Waals surface area contributed by atoms with Crippen molar-refractivity contribution in [1.82, 2.24) is 20.4 Å². The number of amides is 2. The summed E-state index contributed by atoms with van der Waals surface area (Å²) in [4.78, 5) is 28.7. The molecule has 2 aromatic carbocycles. The molecule has 2 aromatic rings. The summed E-state index contributed by atoms with van der Waals surface area (Å²) in [5.74, 6) is 0.793. The summed E-state index contributed by atoms with van der Waals surface area (Å²) < 4.78 is 17.2. The van der Waals surface area contributed by atoms with Gasteiger partial charge >= 0.3 is 0 Å². The second-order valence-electron chi connectivity index (χ2n) is 11.8. The maximum atomic E-state index is 13.0. The average molecular weight is 810 g/mol. The average Bonchev–Trinajstić information content (AvgIpc) is 3.42. The predicted molar refractivity (Wildman–Crippen MR) is 151 cm³/mol. The Labute approximate surface area is 286 Å². The van der Waals surface area contributed by atoms with Crippen molar-refractivity contribution < 1.29 is 83.2 Å². The molecule has 6 atom stereocenters. The van der Waals surface area contributed by atoms with Crippen LogP contribution in [0, 0.1) is 57.9 Å². The Kier molecular flexibility index (Phi) is 8.88. The van der Waals surface area contributed by atoms with Crippen LogP contribution in [0.3, 0.4) is 0 Å². The zero-order chi connectivity index (χ0) is 30.2. The van der Waals surface area contributed by atoms with Crippen LogP contribution in [0.5, 0.6) is 28.7 Å². The van der Waals surface area contributed by atoms with Crippen LogP contribution < -0.4 is 24.8 Å². The molecule has 4 heterocycles. The van der Waals surface area contributed by atoms with Gasteiger partial charge in [-0.1, -0.05) is 6.07 Å². The van der Waals surface area contributed by atoms with Crippen molar-refractivity contribution in [3.05, 3.63) is 39.4 Å². The van der Waals surface area contributed by atoms with E-state index in [1.165, 1.54) is 14.0 Å². The SMILES string of the molecule is COc1c(C)cc2c(c1O)[C@@H]1C3Cc4c(O)c(C)c5c(c4[C@H](CNC(=O)[C@H](C)NC(C)=O)N3[C@@H](O)[C@H](C2)N1C)OCO5.[Ac]. The smallest absolute Gasteiger partial charge is 0.242 e. The zero-order valence-electron chi connectivity index (χ0n) is 25.2. The molecule has 43 heavy (non-hydrogen) atoms. The summed E-state index contributed by atoms with van der Waals surface area (Å²) in [6.07, 6.45) is -0.106. The number of methoxy groups -OCH3 is 1. The van der Waals surface area contributed by atoms with E-state index in [1.54, 1.807) is 13.8 Å². The number of aliphatic hydroxyl groups is 1. The molecular weight excluding hydrogens is 771 g/mol. The van der Waals surface area contributed by atoms with Crippen molar-refractivity contribution >= 4 is 11.8 Å². The van der Waals surface area contributed by atoms with Crippen LogP contribution in [0.1, 0.15) is 59.3 Å². The second-order valence-corrected chi connectivity index (χ2v) is 11.8. The van der Waals surface area contributed by atoms with Gasteiger partial charge in [0, 0.05) is 85.8 Å². The molecule has 12 nitrogen and oxygen atoms in total. The van der Waals surface area contributed by atoms with Gasteiger partial charge in [0.1, 0.15) is 18.0 Å². The Morgan fingerprint density at radius 3 is 2.49 bits per heavy atom. The standard InChI is InChI=1S/C30H38N4O8.Ac/c1-12-7-16-8-19-30(39)34-18(23(33(19)5)21(16)25(37)26(12)40-6)9-17-22(28-27(41-11-42-28)13(2)24(17)36)20(34)10-31-29(38)14(3)32-15(4)35;/h7,14,18-20,23,30,36-37,39H,8-11H2,1-6H3,(H,31,38)(H,32,35);/t14-,18?,19-,20-,23-,30-;/m0./s1. The summed E-state index contributed by atoms with van der Waals surface area (Å²) >= 11 is 0. The third kappa shape index (κ3) is 4.96. The molecular formula is C30H38AcN4O8. The van der Waals surface area contributed by atoms with Crippen molar-refractivity contribution in [3.8, 4) is 28.7 Å². The quantitative estimate of drug-likeness (QED) is 0.299. The van der Waals surface area contributed by atoms with Crippen LogP contribution in [-0.4, -0.2) is 88.8 Å². The molecule has 6 rings (SSSR count). The van der Waals surface area contributed by atoms with E-state index >= 15 is 0 Å². The Morgan fingerprint density at radius 1 is 1.12 bits per heavy atom. The number of piperazine rings is 1. The molecule has 0 aromatic heterocycles. The van der Waals surface area contributed by atoms with E-state index in [0.29, 0.717) is 46.8 Å². The number of hydrogen-bond acceptors (Lipinski definition) is 10. The van der Waals surface area contributed by atoms with Gasteiger partial charge in [-0.05, 0) is 51.8 Å². The van der Waals surface area contributed by atoms with Crippen molar-refractivity contribution in [2.75, 3.05) is 27.5 Å². The van der Waals surface area contributed by atoms with E-state index in [0.717, 1.165) is 16.7 Å². The zero-order valence-corrected chi connectivity index (χ0v) is 30.0. The molecule has 0 spiro atoms. The maximum absolute atomic E-state index is 13.0. The molecule has 1 saturated heterocycles. The van der Waals surface area contributed by atoms with Gasteiger partial charge in [-0.3, -0.25) is 19.4 Å². The number of nitrogens with zero attached hydrogens (tertiary/aromatic N) is 2. The minimum Gasteiger partial charge on any atom is -0.507 e. The number of likely N-dealkylation sites (N-methyl/N-ethyl adjacent to an activating group) is 1. The van der Waals surface area contributed by atoms with Crippen LogP contribution in [0.15, 0.2) is 6.07 Å². The fourth-order valence-corrected chi connectivity index (χ4v) is 7.57. The first kappa shape index (κ1) is 32.1. The fourth-order valence-electron chi connectivity index (χ4n) is 7.57. The molecule has 1 radical (unpaired) electrons. The number of nitrogens with one attached hydrogen (secondary N) is 2. The third-order valence-electron chi connectivity index (χ3n) is 9.41. The summed E-state index contributed by atoms with van der Waals surface area (Å²) in [6.45, 7) is 6.67. The Hall–Kier alpha value is -2.30. The molecule has 1 fully saturated rings. The molecule has 229 valence electrons. The van der Waals surface area contributed by atoms with Gasteiger partial charge in [-0.2, -0.15) is 0 Å². The number of phenolic OH excluding ortho intramolecular Hbond substituents is 2. The predicted octanol–water partition coefficient (Wildman–Crippen LogP) is 1.29. The van der Waals surface area contributed by atoms with Gasteiger partial charge in [-0.15, -0.1) is 0 Å². The number of fused-ring (bicyclic) bond motifs is 9. The van der Waals surface area contributed by atoms with Gasteiger partial charge in [0.25, 0.3) is 0 Å². The second kappa shape index (κ2) is 11.9. The number of aliphatic hydroxyl groups excluding tert-OH is 1. The van der Waals surface area contributed by atoms with Gasteiger partial charge in [0.2, 0.25) is 18.6 Å². The van der Waals surface area contributed by atoms with E-state index in [-0.39, 0.29) is 92.8 Å². The minimum absolute atomic E-state index is 0. The summed E-state index contributed by atoms with van der Waals surface area (Å²) in [6, 6.07) is -0.430. The van der Waals surface area contributed by atoms with Gasteiger partial charge < -0.3 is 40.2 Å². The molecule has 0 aliphatic carbocycles. The molecule has 2 bridgehead atoms. The molecule has 0 saturated carbocycles. The molecule has 2 amide bonds. The van der Waals surface area contributed by atoms with Gasteiger partial charge in [-0.25, -0.2) is 0 Å². The van der Waals surface area contributed by atoms with Crippen LogP contribution in [0.4, 0.5) is 0 Å².